The van der Waals surface area contributed by atoms with Crippen molar-refractivity contribution in [2.45, 2.75) is 179 Å². The molecule has 1 aliphatic carbocycles. The Labute approximate surface area is 370 Å². The van der Waals surface area contributed by atoms with Crippen LogP contribution >= 0.6 is 0 Å². The summed E-state index contributed by atoms with van der Waals surface area (Å²) in [7, 11) is 3.26. The van der Waals surface area contributed by atoms with Crippen LogP contribution in [0.2, 0.25) is 0 Å². The van der Waals surface area contributed by atoms with E-state index in [9.17, 15) is 19.9 Å². The van der Waals surface area contributed by atoms with Crippen molar-refractivity contribution in [3.8, 4) is 0 Å². The highest BCUT2D eigenvalue weighted by Crippen LogP contribution is 2.46. The van der Waals surface area contributed by atoms with Crippen molar-refractivity contribution >= 4 is 17.6 Å². The molecule has 6 aliphatic heterocycles. The van der Waals surface area contributed by atoms with Crippen LogP contribution in [-0.2, 0) is 57.0 Å². The molecule has 7 aliphatic rings. The number of methoxy groups -OCH3 is 2. The first kappa shape index (κ1) is 47.7. The molecule has 1 amide bonds. The number of fused-ring (bicyclic) bond motifs is 2. The third-order valence-electron chi connectivity index (χ3n) is 13.9. The van der Waals surface area contributed by atoms with Gasteiger partial charge in [-0.1, -0.05) is 55.5 Å². The largest absolute Gasteiger partial charge is 0.462 e. The molecule has 6 heterocycles. The van der Waals surface area contributed by atoms with Gasteiger partial charge in [0.2, 0.25) is 5.91 Å². The summed E-state index contributed by atoms with van der Waals surface area (Å²) in [6.07, 6.45) is 9.25. The number of oxime groups is 1. The van der Waals surface area contributed by atoms with E-state index in [4.69, 9.17) is 47.4 Å². The lowest BCUT2D eigenvalue weighted by Crippen LogP contribution is -2.58. The normalized spacial score (nSPS) is 47.4. The number of hydrogen-bond donors (Lipinski definition) is 3. The monoisotopic (exact) mass is 884 g/mol. The fourth-order valence-electron chi connectivity index (χ4n) is 10.3. The van der Waals surface area contributed by atoms with Crippen LogP contribution in [0, 0.1) is 17.8 Å². The Morgan fingerprint density at radius 3 is 2.32 bits per heavy atom. The van der Waals surface area contributed by atoms with E-state index < -0.39 is 78.6 Å². The zero-order chi connectivity index (χ0) is 45.4. The Morgan fingerprint density at radius 2 is 1.62 bits per heavy atom. The highest BCUT2D eigenvalue weighted by molar-refractivity contribution is 6.07. The SMILES string of the molecule is COC1CC(OC2C(C)OC(OC3/C(C)=C/CC4CC(CC5(C=CC(C)C(C)O5)O4)OC(=O)C4C=C(C)/C(=N\O)C5OC/C(=C\C=C\C3C)C45O)CC2OC)OC(C)C1NC(C)=O. The van der Waals surface area contributed by atoms with Crippen LogP contribution in [0.5, 0.6) is 0 Å². The summed E-state index contributed by atoms with van der Waals surface area (Å²) < 4.78 is 63.7. The van der Waals surface area contributed by atoms with Gasteiger partial charge in [0.1, 0.15) is 35.5 Å². The van der Waals surface area contributed by atoms with Crippen molar-refractivity contribution in [2.75, 3.05) is 20.8 Å². The van der Waals surface area contributed by atoms with E-state index >= 15 is 0 Å². The summed E-state index contributed by atoms with van der Waals surface area (Å²) in [4.78, 5) is 26.2. The molecule has 0 aromatic carbocycles. The van der Waals surface area contributed by atoms with E-state index in [0.29, 0.717) is 36.8 Å². The number of ether oxygens (including phenoxy) is 10. The second-order valence-corrected chi connectivity index (χ2v) is 18.5. The number of rotatable bonds is 7. The molecule has 16 nitrogen and oxygen atoms in total. The molecular formula is C47H68N2O14. The molecular weight excluding hydrogens is 817 g/mol. The van der Waals surface area contributed by atoms with Gasteiger partial charge in [-0.25, -0.2) is 0 Å². The van der Waals surface area contributed by atoms with E-state index in [-0.39, 0.29) is 60.8 Å². The standard InChI is InChI=1S/C47H68N2O14/c1-24-16-17-46(62-28(24)5)22-34-19-33(63-46)15-14-26(3)42(25(2)12-11-13-32-23-56-44-40(49-53)27(4)18-35(45(51)59-34)47(32,44)52)60-39-21-37(55-10)43(30(7)58-39)61-38-20-36(54-9)41(29(6)57-38)48-31(8)50/h11-14,16-18,24-25,28-30,33-39,41-44,52-53H,15,19-23H2,1-10H3,(H,48,50)/b12-11+,26-14+,32-13+,49-40+. The van der Waals surface area contributed by atoms with Crippen LogP contribution < -0.4 is 5.32 Å². The predicted octanol–water partition coefficient (Wildman–Crippen LogP) is 4.96. The predicted molar refractivity (Wildman–Crippen MR) is 228 cm³/mol. The van der Waals surface area contributed by atoms with Gasteiger partial charge in [-0.2, -0.15) is 0 Å². The molecule has 7 rings (SSSR count). The topological polar surface area (TPSA) is 191 Å². The van der Waals surface area contributed by atoms with Gasteiger partial charge in [0, 0.05) is 58.7 Å². The molecule has 63 heavy (non-hydrogen) atoms. The average molecular weight is 885 g/mol. The number of hydrogen-bond acceptors (Lipinski definition) is 15. The van der Waals surface area contributed by atoms with Crippen LogP contribution in [0.4, 0.5) is 0 Å². The van der Waals surface area contributed by atoms with Gasteiger partial charge in [-0.3, -0.25) is 9.59 Å². The summed E-state index contributed by atoms with van der Waals surface area (Å²) in [6.45, 7) is 15.2. The molecule has 16 heteroatoms. The average Bonchev–Trinajstić information content (AvgIpc) is 3.57. The fourth-order valence-corrected chi connectivity index (χ4v) is 10.3. The van der Waals surface area contributed by atoms with Crippen LogP contribution in [0.15, 0.2) is 64.4 Å². The second kappa shape index (κ2) is 19.7. The zero-order valence-electron chi connectivity index (χ0n) is 38.3. The molecule has 18 unspecified atom stereocenters. The van der Waals surface area contributed by atoms with E-state index in [1.807, 2.05) is 52.8 Å². The molecule has 0 aromatic heterocycles. The maximum absolute atomic E-state index is 14.3. The minimum absolute atomic E-state index is 0.00208. The Kier molecular flexibility index (Phi) is 14.9. The molecule has 0 saturated carbocycles. The molecule has 0 radical (unpaired) electrons. The molecule has 18 atom stereocenters. The quantitative estimate of drug-likeness (QED) is 0.135. The third kappa shape index (κ3) is 9.96. The van der Waals surface area contributed by atoms with E-state index in [2.05, 4.69) is 29.5 Å². The van der Waals surface area contributed by atoms with Gasteiger partial charge in [0.15, 0.2) is 18.4 Å². The maximum atomic E-state index is 14.3. The molecule has 3 N–H and O–H groups in total. The highest BCUT2D eigenvalue weighted by Gasteiger charge is 2.60. The summed E-state index contributed by atoms with van der Waals surface area (Å²) in [6, 6.07) is -0.317. The summed E-state index contributed by atoms with van der Waals surface area (Å²) in [5, 5.41) is 29.0. The first-order valence-electron chi connectivity index (χ1n) is 22.5. The van der Waals surface area contributed by atoms with Gasteiger partial charge in [-0.15, -0.1) is 0 Å². The van der Waals surface area contributed by atoms with Gasteiger partial charge >= 0.3 is 5.97 Å². The Hall–Kier alpha value is -3.29. The minimum atomic E-state index is -1.87. The number of carbonyl (C=O) groups excluding carboxylic acids is 2. The highest BCUT2D eigenvalue weighted by atomic mass is 16.7. The number of aliphatic hydroxyl groups is 1. The third-order valence-corrected chi connectivity index (χ3v) is 13.9. The van der Waals surface area contributed by atoms with Crippen LogP contribution in [0.25, 0.3) is 0 Å². The Bertz CT molecular complexity index is 1860. The molecule has 4 fully saturated rings. The van der Waals surface area contributed by atoms with Crippen LogP contribution in [0.3, 0.4) is 0 Å². The lowest BCUT2D eigenvalue weighted by Gasteiger charge is -2.46. The van der Waals surface area contributed by atoms with E-state index in [0.717, 1.165) is 5.57 Å². The van der Waals surface area contributed by atoms with Gasteiger partial charge in [-0.05, 0) is 63.8 Å². The van der Waals surface area contributed by atoms with Gasteiger partial charge < -0.3 is 63.0 Å². The van der Waals surface area contributed by atoms with E-state index in [1.54, 1.807) is 33.3 Å². The van der Waals surface area contributed by atoms with Crippen molar-refractivity contribution in [3.05, 3.63) is 59.3 Å². The number of nitrogens with one attached hydrogen (secondary N) is 1. The lowest BCUT2D eigenvalue weighted by molar-refractivity contribution is -0.311. The number of amides is 1. The number of nitrogens with zero attached hydrogens (tertiary/aromatic N) is 1. The molecule has 4 saturated heterocycles. The Balaban J connectivity index is 1.16. The molecule has 1 spiro atoms. The van der Waals surface area contributed by atoms with Crippen molar-refractivity contribution in [1.82, 2.24) is 5.32 Å². The van der Waals surface area contributed by atoms with Crippen LogP contribution in [-0.4, -0.2) is 140 Å². The van der Waals surface area contributed by atoms with E-state index in [1.165, 1.54) is 6.92 Å². The lowest BCUT2D eigenvalue weighted by atomic mass is 9.71. The van der Waals surface area contributed by atoms with Crippen molar-refractivity contribution < 1.29 is 67.3 Å². The minimum Gasteiger partial charge on any atom is -0.462 e. The Morgan fingerprint density at radius 1 is 0.905 bits per heavy atom. The number of esters is 1. The van der Waals surface area contributed by atoms with Gasteiger partial charge in [0.25, 0.3) is 0 Å². The molecule has 350 valence electrons. The van der Waals surface area contributed by atoms with Gasteiger partial charge in [0.05, 0.1) is 55.4 Å². The second-order valence-electron chi connectivity index (χ2n) is 18.5. The van der Waals surface area contributed by atoms with Crippen LogP contribution in [0.1, 0.15) is 87.5 Å². The van der Waals surface area contributed by atoms with Crippen molar-refractivity contribution in [3.63, 3.8) is 0 Å². The maximum Gasteiger partial charge on any atom is 0.316 e. The smallest absolute Gasteiger partial charge is 0.316 e. The fraction of sp³-hybridized carbons (Fsp3) is 0.723. The zero-order valence-corrected chi connectivity index (χ0v) is 38.3. The first-order valence-corrected chi connectivity index (χ1v) is 22.5. The molecule has 2 bridgehead atoms. The molecule has 0 aromatic rings. The first-order chi connectivity index (χ1) is 30.0. The summed E-state index contributed by atoms with van der Waals surface area (Å²) >= 11 is 0. The number of carbonyl (C=O) groups is 2. The van der Waals surface area contributed by atoms with Crippen molar-refractivity contribution in [2.24, 2.45) is 22.9 Å². The van der Waals surface area contributed by atoms with Crippen molar-refractivity contribution in [1.29, 1.82) is 0 Å². The summed E-state index contributed by atoms with van der Waals surface area (Å²) in [5.41, 5.74) is 0.176. The number of allylic oxidation sites excluding steroid dienone is 2. The summed E-state index contributed by atoms with van der Waals surface area (Å²) in [5.74, 6) is -3.08.